The molecule has 1 heterocycles. The highest BCUT2D eigenvalue weighted by Gasteiger charge is 2.38. The van der Waals surface area contributed by atoms with Gasteiger partial charge in [0, 0.05) is 18.8 Å². The zero-order chi connectivity index (χ0) is 20.3. The molecule has 148 valence electrons. The highest BCUT2D eigenvalue weighted by Crippen LogP contribution is 2.33. The standard InChI is InChI=1S/C20H22F2N4O2/c1-26(2)11-10-24-13-8-6-12(7-9-13)18-17(19(23)27)25-20(28-18)16-14(21)4-3-5-15(16)22/h3-9,17-18,24H,10-11H2,1-2H3,(H2,23,27). The SMILES string of the molecule is CN(C)CCNc1ccc(C2OC(c3c(F)cccc3F)=NC2C(N)=O)cc1. The third kappa shape index (κ3) is 4.28. The van der Waals surface area contributed by atoms with Crippen LogP contribution in [0, 0.1) is 11.6 Å². The molecule has 0 bridgehead atoms. The first-order chi connectivity index (χ1) is 13.4. The number of hydrogen-bond acceptors (Lipinski definition) is 5. The number of nitrogens with zero attached hydrogens (tertiary/aromatic N) is 2. The average Bonchev–Trinajstić information content (AvgIpc) is 3.07. The van der Waals surface area contributed by atoms with Crippen LogP contribution in [0.4, 0.5) is 14.5 Å². The average molecular weight is 388 g/mol. The number of aliphatic imine (C=N–C) groups is 1. The summed E-state index contributed by atoms with van der Waals surface area (Å²) in [5, 5.41) is 3.28. The van der Waals surface area contributed by atoms with Crippen LogP contribution in [0.2, 0.25) is 0 Å². The van der Waals surface area contributed by atoms with Gasteiger partial charge in [0.2, 0.25) is 11.8 Å². The number of primary amides is 1. The molecule has 0 saturated carbocycles. The molecule has 2 aromatic carbocycles. The highest BCUT2D eigenvalue weighted by atomic mass is 19.1. The van der Waals surface area contributed by atoms with Crippen LogP contribution in [-0.2, 0) is 9.53 Å². The lowest BCUT2D eigenvalue weighted by atomic mass is 10.0. The zero-order valence-electron chi connectivity index (χ0n) is 15.7. The monoisotopic (exact) mass is 388 g/mol. The van der Waals surface area contributed by atoms with E-state index in [1.165, 1.54) is 6.07 Å². The second-order valence-electron chi connectivity index (χ2n) is 6.77. The number of likely N-dealkylation sites (N-methyl/N-ethyl adjacent to an activating group) is 1. The van der Waals surface area contributed by atoms with Crippen LogP contribution in [0.3, 0.4) is 0 Å². The minimum atomic E-state index is -1.07. The van der Waals surface area contributed by atoms with Crippen molar-refractivity contribution in [2.75, 3.05) is 32.5 Å². The number of nitrogens with one attached hydrogen (secondary N) is 1. The van der Waals surface area contributed by atoms with Gasteiger partial charge in [-0.15, -0.1) is 0 Å². The number of hydrogen-bond donors (Lipinski definition) is 2. The lowest BCUT2D eigenvalue weighted by Crippen LogP contribution is -2.30. The Labute approximate surface area is 162 Å². The van der Waals surface area contributed by atoms with Crippen LogP contribution in [0.25, 0.3) is 0 Å². The molecule has 0 fully saturated rings. The number of amides is 1. The lowest BCUT2D eigenvalue weighted by molar-refractivity contribution is -0.120. The summed E-state index contributed by atoms with van der Waals surface area (Å²) in [6, 6.07) is 9.61. The van der Waals surface area contributed by atoms with E-state index >= 15 is 0 Å². The van der Waals surface area contributed by atoms with E-state index in [0.717, 1.165) is 30.9 Å². The summed E-state index contributed by atoms with van der Waals surface area (Å²) in [7, 11) is 3.98. The fourth-order valence-electron chi connectivity index (χ4n) is 2.91. The van der Waals surface area contributed by atoms with Crippen molar-refractivity contribution >= 4 is 17.5 Å². The first-order valence-corrected chi connectivity index (χ1v) is 8.83. The van der Waals surface area contributed by atoms with Crippen molar-refractivity contribution in [3.63, 3.8) is 0 Å². The van der Waals surface area contributed by atoms with Gasteiger partial charge < -0.3 is 20.7 Å². The fraction of sp³-hybridized carbons (Fsp3) is 0.300. The summed E-state index contributed by atoms with van der Waals surface area (Å²) in [4.78, 5) is 17.9. The van der Waals surface area contributed by atoms with Gasteiger partial charge in [-0.05, 0) is 43.9 Å². The molecule has 0 aromatic heterocycles. The van der Waals surface area contributed by atoms with E-state index in [9.17, 15) is 13.6 Å². The number of carbonyl (C=O) groups is 1. The Balaban J connectivity index is 1.80. The molecule has 0 radical (unpaired) electrons. The predicted molar refractivity (Wildman–Crippen MR) is 103 cm³/mol. The van der Waals surface area contributed by atoms with Crippen molar-refractivity contribution in [1.29, 1.82) is 0 Å². The van der Waals surface area contributed by atoms with E-state index in [2.05, 4.69) is 15.2 Å². The molecule has 3 N–H and O–H groups in total. The predicted octanol–water partition coefficient (Wildman–Crippen LogP) is 2.31. The van der Waals surface area contributed by atoms with E-state index in [-0.39, 0.29) is 5.90 Å². The second-order valence-corrected chi connectivity index (χ2v) is 6.77. The van der Waals surface area contributed by atoms with Gasteiger partial charge in [-0.25, -0.2) is 13.8 Å². The van der Waals surface area contributed by atoms with E-state index in [4.69, 9.17) is 10.5 Å². The summed E-state index contributed by atoms with van der Waals surface area (Å²) in [5.41, 5.74) is 6.57. The van der Waals surface area contributed by atoms with E-state index in [1.54, 1.807) is 12.1 Å². The van der Waals surface area contributed by atoms with E-state index in [1.807, 2.05) is 26.2 Å². The number of carbonyl (C=O) groups excluding carboxylic acids is 1. The number of ether oxygens (including phenoxy) is 1. The summed E-state index contributed by atoms with van der Waals surface area (Å²) < 4.78 is 33.8. The van der Waals surface area contributed by atoms with Crippen molar-refractivity contribution in [2.45, 2.75) is 12.1 Å². The Morgan fingerprint density at radius 1 is 1.18 bits per heavy atom. The van der Waals surface area contributed by atoms with Crippen LogP contribution in [0.15, 0.2) is 47.5 Å². The molecular formula is C20H22F2N4O2. The molecule has 3 rings (SSSR count). The van der Waals surface area contributed by atoms with Crippen molar-refractivity contribution in [3.05, 3.63) is 65.2 Å². The van der Waals surface area contributed by atoms with Crippen molar-refractivity contribution in [3.8, 4) is 0 Å². The van der Waals surface area contributed by atoms with Gasteiger partial charge in [0.15, 0.2) is 12.1 Å². The number of anilines is 1. The Morgan fingerprint density at radius 3 is 2.39 bits per heavy atom. The quantitative estimate of drug-likeness (QED) is 0.763. The molecule has 8 heteroatoms. The maximum atomic E-state index is 14.1. The smallest absolute Gasteiger partial charge is 0.246 e. The Kier molecular flexibility index (Phi) is 5.89. The van der Waals surface area contributed by atoms with Crippen LogP contribution in [0.5, 0.6) is 0 Å². The molecule has 28 heavy (non-hydrogen) atoms. The normalized spacial score (nSPS) is 18.7. The van der Waals surface area contributed by atoms with Crippen LogP contribution >= 0.6 is 0 Å². The third-order valence-corrected chi connectivity index (χ3v) is 4.38. The topological polar surface area (TPSA) is 79.9 Å². The molecular weight excluding hydrogens is 366 g/mol. The molecule has 6 nitrogen and oxygen atoms in total. The minimum absolute atomic E-state index is 0.266. The first-order valence-electron chi connectivity index (χ1n) is 8.83. The zero-order valence-corrected chi connectivity index (χ0v) is 15.7. The molecule has 0 spiro atoms. The van der Waals surface area contributed by atoms with Crippen LogP contribution in [0.1, 0.15) is 17.2 Å². The fourth-order valence-corrected chi connectivity index (χ4v) is 2.91. The molecule has 1 aliphatic heterocycles. The van der Waals surface area contributed by atoms with Crippen molar-refractivity contribution in [2.24, 2.45) is 10.7 Å². The molecule has 1 amide bonds. The summed E-state index contributed by atoms with van der Waals surface area (Å²) in [6.07, 6.45) is -0.845. The van der Waals surface area contributed by atoms with E-state index < -0.39 is 35.3 Å². The molecule has 1 aliphatic rings. The number of benzene rings is 2. The van der Waals surface area contributed by atoms with E-state index in [0.29, 0.717) is 5.56 Å². The second kappa shape index (κ2) is 8.35. The Hall–Kier alpha value is -3.00. The molecule has 2 unspecified atom stereocenters. The highest BCUT2D eigenvalue weighted by molar-refractivity contribution is 5.99. The molecule has 2 aromatic rings. The maximum Gasteiger partial charge on any atom is 0.246 e. The third-order valence-electron chi connectivity index (χ3n) is 4.38. The summed E-state index contributed by atoms with van der Waals surface area (Å²) in [6.45, 7) is 1.65. The lowest BCUT2D eigenvalue weighted by Gasteiger charge is -2.17. The van der Waals surface area contributed by atoms with Gasteiger partial charge >= 0.3 is 0 Å². The molecule has 0 aliphatic carbocycles. The van der Waals surface area contributed by atoms with Gasteiger partial charge in [0.25, 0.3) is 0 Å². The molecule has 0 saturated heterocycles. The Bertz CT molecular complexity index is 864. The van der Waals surface area contributed by atoms with Gasteiger partial charge in [-0.1, -0.05) is 18.2 Å². The number of halogens is 2. The number of nitrogens with two attached hydrogens (primary N) is 1. The maximum absolute atomic E-state index is 14.1. The minimum Gasteiger partial charge on any atom is -0.466 e. The van der Waals surface area contributed by atoms with Gasteiger partial charge in [-0.3, -0.25) is 4.79 Å². The van der Waals surface area contributed by atoms with Crippen molar-refractivity contribution < 1.29 is 18.3 Å². The van der Waals surface area contributed by atoms with Crippen LogP contribution in [-0.4, -0.2) is 49.9 Å². The summed E-state index contributed by atoms with van der Waals surface area (Å²) in [5.74, 6) is -2.63. The van der Waals surface area contributed by atoms with Crippen LogP contribution < -0.4 is 11.1 Å². The van der Waals surface area contributed by atoms with Gasteiger partial charge in [0.1, 0.15) is 17.2 Å². The van der Waals surface area contributed by atoms with Gasteiger partial charge in [0.05, 0.1) is 0 Å². The van der Waals surface area contributed by atoms with Gasteiger partial charge in [-0.2, -0.15) is 0 Å². The summed E-state index contributed by atoms with van der Waals surface area (Å²) >= 11 is 0. The molecule has 2 atom stereocenters. The first kappa shape index (κ1) is 19.8. The number of rotatable bonds is 7. The van der Waals surface area contributed by atoms with Crippen molar-refractivity contribution in [1.82, 2.24) is 4.90 Å². The largest absolute Gasteiger partial charge is 0.466 e. The Morgan fingerprint density at radius 2 is 1.82 bits per heavy atom.